The molecular weight excluding hydrogens is 1220 g/mol. The number of benzene rings is 2. The number of ether oxygens (including phenoxy) is 5. The first kappa shape index (κ1) is 80.4. The van der Waals surface area contributed by atoms with Crippen LogP contribution in [-0.4, -0.2) is 209 Å². The number of anilines is 1. The van der Waals surface area contributed by atoms with Gasteiger partial charge >= 0.3 is 18.2 Å². The van der Waals surface area contributed by atoms with Crippen molar-refractivity contribution in [1.29, 1.82) is 0 Å². The normalized spacial score (nSPS) is 16.5. The van der Waals surface area contributed by atoms with Crippen molar-refractivity contribution >= 4 is 59.3 Å². The number of nitrogens with two attached hydrogens (primary N) is 1. The zero-order chi connectivity index (χ0) is 70.2. The zero-order valence-corrected chi connectivity index (χ0v) is 57.4. The average molecular weight is 1320 g/mol. The van der Waals surface area contributed by atoms with Crippen LogP contribution in [0.15, 0.2) is 59.7 Å². The Morgan fingerprint density at radius 2 is 1.39 bits per heavy atom. The molecule has 29 nitrogen and oxygen atoms in total. The minimum absolute atomic E-state index is 0.0774. The number of methoxy groups -OCH3 is 2. The molecule has 11 amide bonds. The van der Waals surface area contributed by atoms with Crippen molar-refractivity contribution in [2.75, 3.05) is 86.2 Å². The maximum absolute atomic E-state index is 14.8. The molecule has 12 atom stereocenters. The number of rotatable bonds is 41. The van der Waals surface area contributed by atoms with E-state index in [2.05, 4.69) is 47.2 Å². The number of azide groups is 1. The molecule has 1 fully saturated rings. The Bertz CT molecular complexity index is 2760. The Balaban J connectivity index is 1.67. The van der Waals surface area contributed by atoms with Gasteiger partial charge in [0.25, 0.3) is 0 Å². The first-order valence-electron chi connectivity index (χ1n) is 32.4. The molecule has 1 aliphatic heterocycles. The van der Waals surface area contributed by atoms with E-state index in [9.17, 15) is 48.3 Å². The van der Waals surface area contributed by atoms with Crippen LogP contribution in [0.3, 0.4) is 0 Å². The molecule has 1 heterocycles. The number of nitrogens with one attached hydrogen (secondary N) is 7. The number of primary amides is 1. The van der Waals surface area contributed by atoms with E-state index in [4.69, 9.17) is 34.9 Å². The van der Waals surface area contributed by atoms with E-state index in [1.54, 1.807) is 109 Å². The summed E-state index contributed by atoms with van der Waals surface area (Å²) in [6.07, 6.45) is -1.09. The first-order chi connectivity index (χ1) is 44.6. The summed E-state index contributed by atoms with van der Waals surface area (Å²) in [5, 5.41) is 33.5. The molecule has 3 rings (SSSR count). The summed E-state index contributed by atoms with van der Waals surface area (Å²) < 4.78 is 28.4. The largest absolute Gasteiger partial charge is 0.445 e. The second kappa shape index (κ2) is 41.8. The summed E-state index contributed by atoms with van der Waals surface area (Å²) in [4.78, 5) is 130. The number of aliphatic hydroxyl groups excluding tert-OH is 1. The van der Waals surface area contributed by atoms with Crippen LogP contribution in [0.25, 0.3) is 10.4 Å². The fraction of sp³-hybridized carbons (Fsp3) is 0.677. The second-order valence-corrected chi connectivity index (χ2v) is 24.8. The number of carbonyl (C=O) groups is 9. The molecule has 2 aromatic rings. The SMILES string of the molecule is CC[C@@H](C)C(C(CC(=O)N1CCC[C@@H]1[C@@H](OC)[C@H](C)C(=O)N[C@@H](C)C(O)c1ccccc1)OC)N(C)C(=O)[C@H](NC(=O)[C@@H](C(C)C)N(C)C(=O)OCc1ccc(NC(=O)[C@@H](CCCNC(N)=O)NC(=O)[C@H](NC(=O)NCCOCCOCCN=[N+]=[N-])C(C)C)cc1)C(C)C. The van der Waals surface area contributed by atoms with Gasteiger partial charge < -0.3 is 81.5 Å². The van der Waals surface area contributed by atoms with Gasteiger partial charge in [-0.3, -0.25) is 33.7 Å². The fourth-order valence-corrected chi connectivity index (χ4v) is 11.3. The van der Waals surface area contributed by atoms with E-state index in [0.717, 1.165) is 0 Å². The van der Waals surface area contributed by atoms with Crippen LogP contribution in [0.4, 0.5) is 20.1 Å². The number of likely N-dealkylation sites (N-methyl/N-ethyl adjacent to an activating group) is 2. The number of aliphatic hydroxyl groups is 1. The van der Waals surface area contributed by atoms with E-state index >= 15 is 0 Å². The van der Waals surface area contributed by atoms with Crippen LogP contribution in [0.2, 0.25) is 0 Å². The lowest BCUT2D eigenvalue weighted by molar-refractivity contribution is -0.148. The lowest BCUT2D eigenvalue weighted by Gasteiger charge is -2.41. The summed E-state index contributed by atoms with van der Waals surface area (Å²) in [6, 6.07) is 8.03. The number of hydrogen-bond acceptors (Lipinski definition) is 16. The van der Waals surface area contributed by atoms with Crippen LogP contribution in [0.1, 0.15) is 125 Å². The number of amides is 11. The Morgan fingerprint density at radius 1 is 0.745 bits per heavy atom. The van der Waals surface area contributed by atoms with Gasteiger partial charge in [0.1, 0.15) is 30.8 Å². The molecule has 0 aromatic heterocycles. The molecular formula is C65H106N14O15. The highest BCUT2D eigenvalue weighted by molar-refractivity contribution is 5.98. The predicted molar refractivity (Wildman–Crippen MR) is 353 cm³/mol. The third kappa shape index (κ3) is 25.8. The number of carbonyl (C=O) groups excluding carboxylic acids is 9. The van der Waals surface area contributed by atoms with Crippen LogP contribution >= 0.6 is 0 Å². The van der Waals surface area contributed by atoms with Crippen LogP contribution in [-0.2, 0) is 59.1 Å². The monoisotopic (exact) mass is 1320 g/mol. The summed E-state index contributed by atoms with van der Waals surface area (Å²) in [5.74, 6) is -4.94. The molecule has 526 valence electrons. The maximum atomic E-state index is 14.8. The van der Waals surface area contributed by atoms with Crippen LogP contribution in [0.5, 0.6) is 0 Å². The summed E-state index contributed by atoms with van der Waals surface area (Å²) in [6.45, 7) is 19.5. The number of urea groups is 2. The highest BCUT2D eigenvalue weighted by Crippen LogP contribution is 2.30. The zero-order valence-electron chi connectivity index (χ0n) is 57.4. The van der Waals surface area contributed by atoms with Crippen LogP contribution < -0.4 is 43.0 Å². The predicted octanol–water partition coefficient (Wildman–Crippen LogP) is 5.12. The van der Waals surface area contributed by atoms with Crippen molar-refractivity contribution in [3.63, 3.8) is 0 Å². The third-order valence-electron chi connectivity index (χ3n) is 16.8. The minimum atomic E-state index is -1.12. The first-order valence-corrected chi connectivity index (χ1v) is 32.4. The van der Waals surface area contributed by atoms with Gasteiger partial charge in [-0.15, -0.1) is 0 Å². The Morgan fingerprint density at radius 3 is 1.98 bits per heavy atom. The van der Waals surface area contributed by atoms with Crippen molar-refractivity contribution < 1.29 is 71.9 Å². The van der Waals surface area contributed by atoms with Gasteiger partial charge in [0, 0.05) is 65.1 Å². The Hall–Kier alpha value is -7.82. The van der Waals surface area contributed by atoms with Crippen molar-refractivity contribution in [3.8, 4) is 0 Å². The Kier molecular flexibility index (Phi) is 35.8. The molecule has 94 heavy (non-hydrogen) atoms. The van der Waals surface area contributed by atoms with Gasteiger partial charge in [-0.2, -0.15) is 0 Å². The van der Waals surface area contributed by atoms with E-state index in [1.807, 2.05) is 32.0 Å². The summed E-state index contributed by atoms with van der Waals surface area (Å²) in [5.41, 5.74) is 15.1. The van der Waals surface area contributed by atoms with Gasteiger partial charge in [-0.1, -0.05) is 116 Å². The molecule has 10 N–H and O–H groups in total. The molecule has 0 spiro atoms. The number of likely N-dealkylation sites (tertiary alicyclic amines) is 1. The molecule has 3 unspecified atom stereocenters. The summed E-state index contributed by atoms with van der Waals surface area (Å²) in [7, 11) is 6.08. The molecule has 1 aliphatic rings. The van der Waals surface area contributed by atoms with Crippen molar-refractivity contribution in [2.45, 2.75) is 175 Å². The topological polar surface area (TPSA) is 389 Å². The quantitative estimate of drug-likeness (QED) is 0.0181. The van der Waals surface area contributed by atoms with Gasteiger partial charge in [-0.25, -0.2) is 14.4 Å². The van der Waals surface area contributed by atoms with Crippen molar-refractivity contribution in [3.05, 3.63) is 76.2 Å². The van der Waals surface area contributed by atoms with Gasteiger partial charge in [0.05, 0.1) is 75.2 Å². The highest BCUT2D eigenvalue weighted by Gasteiger charge is 2.44. The molecule has 0 radical (unpaired) electrons. The highest BCUT2D eigenvalue weighted by atomic mass is 16.6. The molecule has 1 saturated heterocycles. The smallest absolute Gasteiger partial charge is 0.410 e. The van der Waals surface area contributed by atoms with Gasteiger partial charge in [-0.05, 0) is 85.1 Å². The lowest BCUT2D eigenvalue weighted by atomic mass is 9.89. The lowest BCUT2D eigenvalue weighted by Crippen LogP contribution is -2.60. The van der Waals surface area contributed by atoms with E-state index in [0.29, 0.717) is 42.6 Å². The van der Waals surface area contributed by atoms with Crippen molar-refractivity contribution in [2.24, 2.45) is 40.4 Å². The number of hydrogen-bond donors (Lipinski definition) is 9. The van der Waals surface area contributed by atoms with E-state index in [-0.39, 0.29) is 89.7 Å². The molecule has 0 bridgehead atoms. The standard InChI is InChI=1S/C65H106N14O15/c1-15-42(8)55(50(90-13)37-51(80)79-32-20-24-49(79)57(91-14)43(9)58(82)71-44(10)56(81)46-21-17-16-18-22-46)77(11)62(86)53(40(4)5)74-61(85)54(41(6)7)78(12)65(89)94-38-45-25-27-47(28-26-45)72-59(83)48(23-19-29-68-63(66)87)73-60(84)52(39(2)3)75-64(88)69-30-33-92-35-36-93-34-31-70-76-67/h16-18,21-22,25-28,39-44,48-50,52-57,81H,15,19-20,23-24,29-38H2,1-14H3,(H,71,82)(H,72,83)(H,73,84)(H,74,85)(H3,66,68,87)(H2,69,75,88)/t42-,43+,44+,48-,49-,50?,52-,53-,54-,55?,56?,57+/m1/s1. The molecule has 0 aliphatic carbocycles. The second-order valence-electron chi connectivity index (χ2n) is 24.8. The fourth-order valence-electron chi connectivity index (χ4n) is 11.3. The molecule has 29 heteroatoms. The average Bonchev–Trinajstić information content (AvgIpc) is 1.43. The minimum Gasteiger partial charge on any atom is -0.445 e. The maximum Gasteiger partial charge on any atom is 0.410 e. The van der Waals surface area contributed by atoms with Gasteiger partial charge in [0.15, 0.2) is 0 Å². The van der Waals surface area contributed by atoms with E-state index < -0.39 is 126 Å². The Labute approximate surface area is 553 Å². The van der Waals surface area contributed by atoms with Gasteiger partial charge in [0.2, 0.25) is 35.4 Å². The molecule has 0 saturated carbocycles. The van der Waals surface area contributed by atoms with E-state index in [1.165, 1.54) is 26.2 Å². The van der Waals surface area contributed by atoms with Crippen molar-refractivity contribution in [1.82, 2.24) is 46.6 Å². The number of nitrogens with zero attached hydrogens (tertiary/aromatic N) is 6. The van der Waals surface area contributed by atoms with Crippen LogP contribution in [0, 0.1) is 29.6 Å². The summed E-state index contributed by atoms with van der Waals surface area (Å²) >= 11 is 0. The molecule has 2 aromatic carbocycles. The third-order valence-corrected chi connectivity index (χ3v) is 16.8.